The van der Waals surface area contributed by atoms with Gasteiger partial charge in [-0.1, -0.05) is 12.1 Å². The predicted molar refractivity (Wildman–Crippen MR) is 71.0 cm³/mol. The minimum atomic E-state index is -3.13. The standard InChI is InChI=1S/C12H17N3O2S/c1-18(16,17)11-6-2-9(3-7-11)8-14-12(13)15-10-4-5-10/h2-3,6-7,10H,4-5,8H2,1H3,(H3,13,14,15). The Morgan fingerprint density at radius 2 is 2.00 bits per heavy atom. The Kier molecular flexibility index (Phi) is 3.56. The summed E-state index contributed by atoms with van der Waals surface area (Å²) in [6.45, 7) is 0.454. The number of nitrogens with one attached hydrogen (secondary N) is 1. The second-order valence-electron chi connectivity index (χ2n) is 4.54. The molecule has 0 heterocycles. The number of hydrogen-bond acceptors (Lipinski definition) is 3. The average Bonchev–Trinajstić information content (AvgIpc) is 3.10. The molecule has 3 N–H and O–H groups in total. The van der Waals surface area contributed by atoms with E-state index in [2.05, 4.69) is 10.3 Å². The van der Waals surface area contributed by atoms with Crippen molar-refractivity contribution in [2.45, 2.75) is 30.3 Å². The maximum absolute atomic E-state index is 11.3. The van der Waals surface area contributed by atoms with Gasteiger partial charge in [0.2, 0.25) is 0 Å². The highest BCUT2D eigenvalue weighted by molar-refractivity contribution is 7.90. The third-order valence-corrected chi connectivity index (χ3v) is 3.84. The summed E-state index contributed by atoms with van der Waals surface area (Å²) in [6.07, 6.45) is 3.50. The number of nitrogens with zero attached hydrogens (tertiary/aromatic N) is 1. The molecule has 0 atom stereocenters. The van der Waals surface area contributed by atoms with Gasteiger partial charge in [-0.15, -0.1) is 0 Å². The van der Waals surface area contributed by atoms with Gasteiger partial charge in [0.15, 0.2) is 15.8 Å². The number of hydrogen-bond donors (Lipinski definition) is 2. The van der Waals surface area contributed by atoms with E-state index >= 15 is 0 Å². The van der Waals surface area contributed by atoms with E-state index in [0.29, 0.717) is 23.4 Å². The van der Waals surface area contributed by atoms with Gasteiger partial charge in [-0.3, -0.25) is 0 Å². The Balaban J connectivity index is 1.97. The van der Waals surface area contributed by atoms with E-state index in [4.69, 9.17) is 5.73 Å². The molecule has 1 aliphatic carbocycles. The first-order chi connectivity index (χ1) is 8.45. The van der Waals surface area contributed by atoms with Crippen molar-refractivity contribution in [3.8, 4) is 0 Å². The van der Waals surface area contributed by atoms with Crippen LogP contribution in [0.5, 0.6) is 0 Å². The molecule has 2 rings (SSSR count). The van der Waals surface area contributed by atoms with Crippen LogP contribution in [0.15, 0.2) is 34.2 Å². The van der Waals surface area contributed by atoms with Gasteiger partial charge in [0.25, 0.3) is 0 Å². The molecule has 0 spiro atoms. The van der Waals surface area contributed by atoms with Crippen molar-refractivity contribution in [1.29, 1.82) is 0 Å². The van der Waals surface area contributed by atoms with E-state index in [0.717, 1.165) is 18.4 Å². The summed E-state index contributed by atoms with van der Waals surface area (Å²) in [7, 11) is -3.13. The van der Waals surface area contributed by atoms with Crippen molar-refractivity contribution < 1.29 is 8.42 Å². The lowest BCUT2D eigenvalue weighted by Crippen LogP contribution is -2.33. The maximum atomic E-state index is 11.3. The fraction of sp³-hybridized carbons (Fsp3) is 0.417. The Hall–Kier alpha value is -1.56. The lowest BCUT2D eigenvalue weighted by Gasteiger charge is -2.04. The molecular formula is C12H17N3O2S. The summed E-state index contributed by atoms with van der Waals surface area (Å²) in [6, 6.07) is 7.17. The largest absolute Gasteiger partial charge is 0.370 e. The summed E-state index contributed by atoms with van der Waals surface area (Å²) in [5, 5.41) is 3.09. The van der Waals surface area contributed by atoms with Crippen LogP contribution in [0.3, 0.4) is 0 Å². The average molecular weight is 267 g/mol. The Morgan fingerprint density at radius 3 is 2.50 bits per heavy atom. The zero-order chi connectivity index (χ0) is 13.2. The van der Waals surface area contributed by atoms with Crippen LogP contribution in [-0.2, 0) is 16.4 Å². The molecule has 1 aromatic rings. The molecule has 1 saturated carbocycles. The predicted octanol–water partition coefficient (Wildman–Crippen LogP) is 0.657. The van der Waals surface area contributed by atoms with Crippen LogP contribution in [0.4, 0.5) is 0 Å². The summed E-state index contributed by atoms with van der Waals surface area (Å²) in [5.74, 6) is 0.449. The quantitative estimate of drug-likeness (QED) is 0.620. The molecule has 1 aliphatic rings. The summed E-state index contributed by atoms with van der Waals surface area (Å²) in [4.78, 5) is 4.52. The van der Waals surface area contributed by atoms with Crippen LogP contribution < -0.4 is 11.1 Å². The van der Waals surface area contributed by atoms with E-state index in [1.807, 2.05) is 0 Å². The highest BCUT2D eigenvalue weighted by atomic mass is 32.2. The molecule has 1 aromatic carbocycles. The van der Waals surface area contributed by atoms with Gasteiger partial charge in [-0.2, -0.15) is 0 Å². The van der Waals surface area contributed by atoms with Crippen molar-refractivity contribution >= 4 is 15.8 Å². The van der Waals surface area contributed by atoms with Gasteiger partial charge in [0.05, 0.1) is 11.4 Å². The number of aliphatic imine (C=N–C) groups is 1. The van der Waals surface area contributed by atoms with E-state index in [1.165, 1.54) is 6.26 Å². The third kappa shape index (κ3) is 3.73. The molecule has 0 amide bonds. The first-order valence-corrected chi connectivity index (χ1v) is 7.70. The van der Waals surface area contributed by atoms with Gasteiger partial charge in [0, 0.05) is 12.3 Å². The SMILES string of the molecule is CS(=O)(=O)c1ccc(CN=C(N)NC2CC2)cc1. The highest BCUT2D eigenvalue weighted by Gasteiger charge is 2.21. The van der Waals surface area contributed by atoms with Gasteiger partial charge in [0.1, 0.15) is 0 Å². The van der Waals surface area contributed by atoms with E-state index < -0.39 is 9.84 Å². The van der Waals surface area contributed by atoms with E-state index in [-0.39, 0.29) is 0 Å². The first kappa shape index (κ1) is 12.9. The fourth-order valence-electron chi connectivity index (χ4n) is 1.50. The van der Waals surface area contributed by atoms with Crippen molar-refractivity contribution in [1.82, 2.24) is 5.32 Å². The van der Waals surface area contributed by atoms with Crippen LogP contribution in [-0.4, -0.2) is 26.7 Å². The molecule has 0 saturated heterocycles. The van der Waals surface area contributed by atoms with Gasteiger partial charge in [-0.25, -0.2) is 13.4 Å². The molecule has 98 valence electrons. The molecule has 5 nitrogen and oxygen atoms in total. The highest BCUT2D eigenvalue weighted by Crippen LogP contribution is 2.18. The normalized spacial score (nSPS) is 16.6. The van der Waals surface area contributed by atoms with Crippen LogP contribution in [0, 0.1) is 0 Å². The van der Waals surface area contributed by atoms with Gasteiger partial charge in [-0.05, 0) is 30.5 Å². The molecule has 18 heavy (non-hydrogen) atoms. The van der Waals surface area contributed by atoms with Crippen LogP contribution >= 0.6 is 0 Å². The fourth-order valence-corrected chi connectivity index (χ4v) is 2.13. The minimum absolute atomic E-state index is 0.319. The number of guanidine groups is 1. The lowest BCUT2D eigenvalue weighted by molar-refractivity contribution is 0.602. The molecular weight excluding hydrogens is 250 g/mol. The van der Waals surface area contributed by atoms with Gasteiger partial charge < -0.3 is 11.1 Å². The minimum Gasteiger partial charge on any atom is -0.370 e. The topological polar surface area (TPSA) is 84.5 Å². The number of sulfone groups is 1. The number of benzene rings is 1. The summed E-state index contributed by atoms with van der Waals surface area (Å²) in [5.41, 5.74) is 6.64. The molecule has 1 fully saturated rings. The van der Waals surface area contributed by atoms with Crippen LogP contribution in [0.1, 0.15) is 18.4 Å². The molecule has 0 radical (unpaired) electrons. The van der Waals surface area contributed by atoms with Crippen molar-refractivity contribution in [2.24, 2.45) is 10.7 Å². The third-order valence-electron chi connectivity index (χ3n) is 2.71. The van der Waals surface area contributed by atoms with E-state index in [9.17, 15) is 8.42 Å². The molecule has 0 unspecified atom stereocenters. The molecule has 0 bridgehead atoms. The number of nitrogens with two attached hydrogens (primary N) is 1. The van der Waals surface area contributed by atoms with Crippen LogP contribution in [0.25, 0.3) is 0 Å². The Labute approximate surface area is 107 Å². The van der Waals surface area contributed by atoms with Crippen LogP contribution in [0.2, 0.25) is 0 Å². The van der Waals surface area contributed by atoms with Gasteiger partial charge >= 0.3 is 0 Å². The molecule has 0 aromatic heterocycles. The number of rotatable bonds is 4. The summed E-state index contributed by atoms with van der Waals surface area (Å²) < 4.78 is 22.6. The van der Waals surface area contributed by atoms with E-state index in [1.54, 1.807) is 24.3 Å². The smallest absolute Gasteiger partial charge is 0.189 e. The lowest BCUT2D eigenvalue weighted by atomic mass is 10.2. The molecule has 0 aliphatic heterocycles. The second-order valence-corrected chi connectivity index (χ2v) is 6.55. The monoisotopic (exact) mass is 267 g/mol. The Morgan fingerprint density at radius 1 is 1.39 bits per heavy atom. The van der Waals surface area contributed by atoms with Crippen molar-refractivity contribution in [3.05, 3.63) is 29.8 Å². The Bertz CT molecular complexity index is 545. The first-order valence-electron chi connectivity index (χ1n) is 5.80. The second kappa shape index (κ2) is 4.97. The van der Waals surface area contributed by atoms with Crippen molar-refractivity contribution in [2.75, 3.05) is 6.26 Å². The summed E-state index contributed by atoms with van der Waals surface area (Å²) >= 11 is 0. The zero-order valence-corrected chi connectivity index (χ0v) is 11.1. The van der Waals surface area contributed by atoms with Crippen molar-refractivity contribution in [3.63, 3.8) is 0 Å². The molecule has 6 heteroatoms. The maximum Gasteiger partial charge on any atom is 0.189 e. The zero-order valence-electron chi connectivity index (χ0n) is 10.3.